The van der Waals surface area contributed by atoms with Crippen LogP contribution in [-0.2, 0) is 19.1 Å². The van der Waals surface area contributed by atoms with E-state index in [2.05, 4.69) is 63.9 Å². The first-order chi connectivity index (χ1) is 22.6. The van der Waals surface area contributed by atoms with Crippen molar-refractivity contribution in [2.45, 2.75) is 145 Å². The van der Waals surface area contributed by atoms with Gasteiger partial charge in [0, 0.05) is 24.7 Å². The molecular formula is C39H57N3O7. The van der Waals surface area contributed by atoms with Crippen molar-refractivity contribution in [2.24, 2.45) is 50.7 Å². The number of aromatic nitrogens is 2. The molecule has 2 N–H and O–H groups in total. The van der Waals surface area contributed by atoms with Crippen LogP contribution in [0, 0.1) is 57.7 Å². The van der Waals surface area contributed by atoms with Crippen LogP contribution in [0.25, 0.3) is 0 Å². The van der Waals surface area contributed by atoms with E-state index in [9.17, 15) is 24.3 Å². The second-order valence-electron chi connectivity index (χ2n) is 18.6. The number of carboxylic acid groups (broad SMARTS) is 1. The number of carbonyl (C=O) groups is 4. The Morgan fingerprint density at radius 2 is 1.71 bits per heavy atom. The molecule has 1 heterocycles. The first-order valence-electron chi connectivity index (χ1n) is 18.5. The summed E-state index contributed by atoms with van der Waals surface area (Å²) in [5.74, 6) is -0.640. The van der Waals surface area contributed by atoms with E-state index < -0.39 is 28.8 Å². The van der Waals surface area contributed by atoms with Gasteiger partial charge in [-0.15, -0.1) is 0 Å². The first kappa shape index (κ1) is 35.8. The van der Waals surface area contributed by atoms with Crippen molar-refractivity contribution in [3.8, 4) is 0 Å². The number of nitrogens with one attached hydrogen (secondary N) is 1. The molecule has 1 amide bonds. The van der Waals surface area contributed by atoms with Gasteiger partial charge in [-0.3, -0.25) is 19.2 Å². The standard InChI is InChI=1S/C39H57N3O7/c1-21(2)29-24(43)19-39(41-32(45)31-40-22(3)49-42-31)18-17-37(9)23(30(29)39)11-12-26-36(8)15-14-27(48-28(44)20-34(4,5)33(46)47)35(6,7)25(36)13-16-38(26,37)10/h21,25-27,29H,11-20H2,1-10H3,(H,41,45)(H,46,47)/t25?,26?,27-,29?,36-,37+,38+,39+/m0/s1. The Morgan fingerprint density at radius 1 is 1.02 bits per heavy atom. The molecule has 1 aromatic rings. The maximum atomic E-state index is 13.9. The Kier molecular flexibility index (Phi) is 8.39. The summed E-state index contributed by atoms with van der Waals surface area (Å²) in [5.41, 5.74) is 0.237. The molecule has 49 heavy (non-hydrogen) atoms. The SMILES string of the molecule is Cc1nc(C(=O)N[C@@]23CC[C@]4(C)C(=C2C(C(C)C)C(=O)C3)CCC2[C@@]3(C)CC[C@H](OC(=O)CC(C)(C)C(=O)O)C(C)(C)C3CC[C@]24C)no1. The average molecular weight is 680 g/mol. The second-order valence-corrected chi connectivity index (χ2v) is 18.6. The van der Waals surface area contributed by atoms with Gasteiger partial charge in [-0.05, 0) is 105 Å². The fourth-order valence-electron chi connectivity index (χ4n) is 12.1. The lowest BCUT2D eigenvalue weighted by atomic mass is 9.34. The lowest BCUT2D eigenvalue weighted by Crippen LogP contribution is -2.65. The van der Waals surface area contributed by atoms with Crippen LogP contribution in [0.2, 0.25) is 0 Å². The van der Waals surface area contributed by atoms with Gasteiger partial charge >= 0.3 is 11.9 Å². The molecule has 0 radical (unpaired) electrons. The van der Waals surface area contributed by atoms with Crippen LogP contribution in [0.5, 0.6) is 0 Å². The highest BCUT2D eigenvalue weighted by Crippen LogP contribution is 2.75. The van der Waals surface area contributed by atoms with Crippen molar-refractivity contribution in [3.05, 3.63) is 22.9 Å². The van der Waals surface area contributed by atoms with E-state index in [-0.39, 0.29) is 57.6 Å². The third-order valence-electron chi connectivity index (χ3n) is 14.8. The number of ketones is 1. The number of fused-ring (bicyclic) bond motifs is 6. The molecule has 10 nitrogen and oxygen atoms in total. The number of nitrogens with zero attached hydrogens (tertiary/aromatic N) is 2. The Labute approximate surface area is 291 Å². The Hall–Kier alpha value is -3.04. The summed E-state index contributed by atoms with van der Waals surface area (Å²) in [6, 6.07) is 0. The Morgan fingerprint density at radius 3 is 2.33 bits per heavy atom. The molecule has 0 spiro atoms. The molecule has 5 aliphatic rings. The molecule has 3 unspecified atom stereocenters. The molecule has 270 valence electrons. The summed E-state index contributed by atoms with van der Waals surface area (Å²) in [6.45, 7) is 21.0. The van der Waals surface area contributed by atoms with Gasteiger partial charge in [0.25, 0.3) is 11.7 Å². The predicted octanol–water partition coefficient (Wildman–Crippen LogP) is 7.25. The number of aryl methyl sites for hydroxylation is 1. The zero-order valence-corrected chi connectivity index (χ0v) is 31.2. The highest BCUT2D eigenvalue weighted by molar-refractivity contribution is 5.96. The van der Waals surface area contributed by atoms with Crippen molar-refractivity contribution in [1.29, 1.82) is 0 Å². The third-order valence-corrected chi connectivity index (χ3v) is 14.8. The second kappa shape index (κ2) is 11.5. The largest absolute Gasteiger partial charge is 0.481 e. The zero-order valence-electron chi connectivity index (χ0n) is 31.2. The van der Waals surface area contributed by atoms with Gasteiger partial charge in [0.1, 0.15) is 11.9 Å². The number of rotatable bonds is 7. The summed E-state index contributed by atoms with van der Waals surface area (Å²) >= 11 is 0. The van der Waals surface area contributed by atoms with Gasteiger partial charge < -0.3 is 19.7 Å². The van der Waals surface area contributed by atoms with Gasteiger partial charge in [0.2, 0.25) is 5.89 Å². The van der Waals surface area contributed by atoms with Gasteiger partial charge in [-0.2, -0.15) is 4.98 Å². The lowest BCUT2D eigenvalue weighted by molar-refractivity contribution is -0.214. The number of amides is 1. The predicted molar refractivity (Wildman–Crippen MR) is 182 cm³/mol. The fourth-order valence-corrected chi connectivity index (χ4v) is 12.1. The van der Waals surface area contributed by atoms with Crippen molar-refractivity contribution in [3.63, 3.8) is 0 Å². The van der Waals surface area contributed by atoms with E-state index in [0.717, 1.165) is 50.5 Å². The molecule has 0 aromatic carbocycles. The van der Waals surface area contributed by atoms with Gasteiger partial charge in [-0.1, -0.05) is 59.2 Å². The van der Waals surface area contributed by atoms with Crippen LogP contribution in [0.1, 0.15) is 143 Å². The van der Waals surface area contributed by atoms with Crippen LogP contribution in [0.15, 0.2) is 15.7 Å². The number of Topliss-reactive ketones (excluding diaryl/α,β-unsaturated/α-hetero) is 1. The maximum absolute atomic E-state index is 13.9. The van der Waals surface area contributed by atoms with E-state index in [1.165, 1.54) is 5.57 Å². The van der Waals surface area contributed by atoms with Crippen molar-refractivity contribution >= 4 is 23.6 Å². The van der Waals surface area contributed by atoms with E-state index in [1.807, 2.05) is 0 Å². The average Bonchev–Trinajstić information content (AvgIpc) is 3.55. The molecule has 6 rings (SSSR count). The molecule has 10 heteroatoms. The number of aliphatic carboxylic acids is 1. The van der Waals surface area contributed by atoms with Crippen LogP contribution >= 0.6 is 0 Å². The van der Waals surface area contributed by atoms with Crippen molar-refractivity contribution in [2.75, 3.05) is 0 Å². The van der Waals surface area contributed by atoms with E-state index in [4.69, 9.17) is 9.26 Å². The summed E-state index contributed by atoms with van der Waals surface area (Å²) < 4.78 is 11.2. The lowest BCUT2D eigenvalue weighted by Gasteiger charge is -2.70. The van der Waals surface area contributed by atoms with Crippen molar-refractivity contribution < 1.29 is 33.5 Å². The van der Waals surface area contributed by atoms with Gasteiger partial charge in [0.05, 0.1) is 17.4 Å². The Bertz CT molecular complexity index is 1610. The monoisotopic (exact) mass is 679 g/mol. The Balaban J connectivity index is 1.33. The molecule has 1 aromatic heterocycles. The van der Waals surface area contributed by atoms with E-state index in [1.54, 1.807) is 20.8 Å². The minimum absolute atomic E-state index is 0.00131. The summed E-state index contributed by atoms with van der Waals surface area (Å²) in [7, 11) is 0. The smallest absolute Gasteiger partial charge is 0.309 e. The van der Waals surface area contributed by atoms with Crippen LogP contribution in [-0.4, -0.2) is 50.5 Å². The number of carbonyl (C=O) groups excluding carboxylic acids is 3. The van der Waals surface area contributed by atoms with Gasteiger partial charge in [-0.25, -0.2) is 0 Å². The molecular weight excluding hydrogens is 622 g/mol. The maximum Gasteiger partial charge on any atom is 0.309 e. The van der Waals surface area contributed by atoms with Crippen LogP contribution < -0.4 is 5.32 Å². The molecule has 0 bridgehead atoms. The minimum Gasteiger partial charge on any atom is -0.481 e. The molecule has 4 fully saturated rings. The number of hydrogen-bond donors (Lipinski definition) is 2. The topological polar surface area (TPSA) is 149 Å². The van der Waals surface area contributed by atoms with Crippen LogP contribution in [0.4, 0.5) is 0 Å². The van der Waals surface area contributed by atoms with Gasteiger partial charge in [0.15, 0.2) is 0 Å². The number of allylic oxidation sites excluding steroid dienone is 1. The zero-order chi connectivity index (χ0) is 36.1. The number of hydrogen-bond acceptors (Lipinski definition) is 8. The van der Waals surface area contributed by atoms with E-state index in [0.29, 0.717) is 30.6 Å². The highest BCUT2D eigenvalue weighted by Gasteiger charge is 2.69. The summed E-state index contributed by atoms with van der Waals surface area (Å²) in [5, 5.41) is 16.8. The normalized spacial score (nSPS) is 38.3. The first-order valence-corrected chi connectivity index (χ1v) is 18.5. The quantitative estimate of drug-likeness (QED) is 0.224. The fraction of sp³-hybridized carbons (Fsp3) is 0.795. The van der Waals surface area contributed by atoms with E-state index >= 15 is 0 Å². The third kappa shape index (κ3) is 5.23. The number of esters is 1. The molecule has 4 saturated carbocycles. The molecule has 8 atom stereocenters. The molecule has 0 aliphatic heterocycles. The number of ether oxygens (including phenoxy) is 1. The molecule has 5 aliphatic carbocycles. The summed E-state index contributed by atoms with van der Waals surface area (Å²) in [6.07, 6.45) is 7.11. The van der Waals surface area contributed by atoms with Crippen LogP contribution in [0.3, 0.4) is 0 Å². The highest BCUT2D eigenvalue weighted by atomic mass is 16.5. The minimum atomic E-state index is -1.17. The van der Waals surface area contributed by atoms with Crippen molar-refractivity contribution in [1.82, 2.24) is 15.5 Å². The summed E-state index contributed by atoms with van der Waals surface area (Å²) in [4.78, 5) is 56.3. The molecule has 0 saturated heterocycles. The number of carboxylic acids is 1.